The van der Waals surface area contributed by atoms with Crippen molar-refractivity contribution < 1.29 is 9.53 Å². The average molecular weight is 288 g/mol. The third-order valence-electron chi connectivity index (χ3n) is 2.68. The largest absolute Gasteiger partial charge is 0.461 e. The number of aromatic nitrogens is 1. The van der Waals surface area contributed by atoms with Crippen molar-refractivity contribution in [3.05, 3.63) is 11.1 Å². The number of rotatable bonds is 7. The first kappa shape index (κ1) is 15.3. The van der Waals surface area contributed by atoms with Crippen LogP contribution in [-0.2, 0) is 4.74 Å². The fraction of sp³-hybridized carbons (Fsp3) is 0.667. The molecular formula is C12H20N2O2S2. The van der Waals surface area contributed by atoms with E-state index < -0.39 is 0 Å². The van der Waals surface area contributed by atoms with E-state index in [1.807, 2.05) is 18.8 Å². The van der Waals surface area contributed by atoms with Crippen molar-refractivity contribution in [2.24, 2.45) is 0 Å². The van der Waals surface area contributed by atoms with Gasteiger partial charge in [-0.2, -0.15) is 11.8 Å². The second-order valence-electron chi connectivity index (χ2n) is 3.98. The summed E-state index contributed by atoms with van der Waals surface area (Å²) in [7, 11) is 2.01. The summed E-state index contributed by atoms with van der Waals surface area (Å²) in [5, 5.41) is 2.62. The maximum atomic E-state index is 11.5. The maximum absolute atomic E-state index is 11.5. The van der Waals surface area contributed by atoms with Crippen LogP contribution in [0.5, 0.6) is 0 Å². The molecule has 0 radical (unpaired) electrons. The molecule has 1 unspecified atom stereocenters. The lowest BCUT2D eigenvalue weighted by Gasteiger charge is -2.23. The van der Waals surface area contributed by atoms with E-state index in [0.29, 0.717) is 18.3 Å². The molecule has 0 aliphatic heterocycles. The van der Waals surface area contributed by atoms with Crippen LogP contribution in [0.3, 0.4) is 0 Å². The maximum Gasteiger partial charge on any atom is 0.357 e. The van der Waals surface area contributed by atoms with Crippen LogP contribution in [0.4, 0.5) is 5.13 Å². The Labute approximate surface area is 117 Å². The van der Waals surface area contributed by atoms with Crippen molar-refractivity contribution in [1.29, 1.82) is 0 Å². The number of thiazole rings is 1. The molecule has 0 N–H and O–H groups in total. The van der Waals surface area contributed by atoms with Crippen molar-refractivity contribution in [1.82, 2.24) is 4.98 Å². The quantitative estimate of drug-likeness (QED) is 0.722. The molecule has 102 valence electrons. The number of esters is 1. The van der Waals surface area contributed by atoms with E-state index in [0.717, 1.165) is 17.3 Å². The fourth-order valence-corrected chi connectivity index (χ4v) is 2.84. The van der Waals surface area contributed by atoms with E-state index in [1.165, 1.54) is 11.3 Å². The third kappa shape index (κ3) is 4.17. The monoisotopic (exact) mass is 288 g/mol. The minimum absolute atomic E-state index is 0.342. The summed E-state index contributed by atoms with van der Waals surface area (Å²) in [6.45, 7) is 4.34. The molecule has 4 nitrogen and oxygen atoms in total. The molecule has 0 saturated carbocycles. The summed E-state index contributed by atoms with van der Waals surface area (Å²) in [6.07, 6.45) is 3.21. The van der Waals surface area contributed by atoms with Crippen LogP contribution in [-0.4, -0.2) is 42.7 Å². The number of hydrogen-bond acceptors (Lipinski definition) is 6. The molecule has 0 aliphatic carbocycles. The van der Waals surface area contributed by atoms with E-state index >= 15 is 0 Å². The lowest BCUT2D eigenvalue weighted by molar-refractivity contribution is 0.0520. The molecular weight excluding hydrogens is 268 g/mol. The third-order valence-corrected chi connectivity index (χ3v) is 4.25. The first-order chi connectivity index (χ1) is 8.60. The highest BCUT2D eigenvalue weighted by Crippen LogP contribution is 2.22. The zero-order valence-electron chi connectivity index (χ0n) is 11.3. The molecule has 0 amide bonds. The SMILES string of the molecule is CCOC(=O)c1csc(N(C)C(C)CCSC)n1. The normalized spacial score (nSPS) is 12.2. The Bertz CT molecular complexity index is 382. The van der Waals surface area contributed by atoms with Crippen molar-refractivity contribution in [3.63, 3.8) is 0 Å². The standard InChI is InChI=1S/C12H20N2O2S2/c1-5-16-11(15)10-8-18-12(13-10)14(3)9(2)6-7-17-4/h8-9H,5-7H2,1-4H3. The van der Waals surface area contributed by atoms with Gasteiger partial charge in [-0.25, -0.2) is 9.78 Å². The summed E-state index contributed by atoms with van der Waals surface area (Å²) >= 11 is 3.32. The Morgan fingerprint density at radius 1 is 1.67 bits per heavy atom. The van der Waals surface area contributed by atoms with Gasteiger partial charge in [-0.3, -0.25) is 0 Å². The van der Waals surface area contributed by atoms with E-state index in [-0.39, 0.29) is 5.97 Å². The molecule has 0 spiro atoms. The first-order valence-electron chi connectivity index (χ1n) is 5.94. The molecule has 18 heavy (non-hydrogen) atoms. The number of anilines is 1. The smallest absolute Gasteiger partial charge is 0.357 e. The highest BCUT2D eigenvalue weighted by molar-refractivity contribution is 7.98. The van der Waals surface area contributed by atoms with E-state index in [4.69, 9.17) is 4.74 Å². The predicted octanol–water partition coefficient (Wildman–Crippen LogP) is 2.90. The van der Waals surface area contributed by atoms with Crippen molar-refractivity contribution >= 4 is 34.2 Å². The molecule has 1 aromatic rings. The molecule has 0 saturated heterocycles. The molecule has 0 fully saturated rings. The molecule has 1 atom stereocenters. The van der Waals surface area contributed by atoms with Gasteiger partial charge < -0.3 is 9.64 Å². The van der Waals surface area contributed by atoms with Crippen molar-refractivity contribution in [3.8, 4) is 0 Å². The summed E-state index contributed by atoms with van der Waals surface area (Å²) in [4.78, 5) is 18.0. The van der Waals surface area contributed by atoms with E-state index in [2.05, 4.69) is 23.1 Å². The van der Waals surface area contributed by atoms with Gasteiger partial charge in [0.05, 0.1) is 6.61 Å². The van der Waals surface area contributed by atoms with Crippen LogP contribution < -0.4 is 4.90 Å². The molecule has 0 aliphatic rings. The number of carbonyl (C=O) groups excluding carboxylic acids is 1. The lowest BCUT2D eigenvalue weighted by atomic mass is 10.2. The zero-order valence-corrected chi connectivity index (χ0v) is 12.9. The molecule has 1 aromatic heterocycles. The second kappa shape index (κ2) is 7.63. The predicted molar refractivity (Wildman–Crippen MR) is 78.9 cm³/mol. The Morgan fingerprint density at radius 2 is 2.39 bits per heavy atom. The number of hydrogen-bond donors (Lipinski definition) is 0. The van der Waals surface area contributed by atoms with Crippen molar-refractivity contribution in [2.45, 2.75) is 26.3 Å². The van der Waals surface area contributed by atoms with Gasteiger partial charge in [0.25, 0.3) is 0 Å². The van der Waals surface area contributed by atoms with Gasteiger partial charge in [0, 0.05) is 18.5 Å². The van der Waals surface area contributed by atoms with E-state index in [1.54, 1.807) is 12.3 Å². The number of carbonyl (C=O) groups is 1. The molecule has 0 aromatic carbocycles. The van der Waals surface area contributed by atoms with Gasteiger partial charge in [-0.05, 0) is 32.3 Å². The number of thioether (sulfide) groups is 1. The van der Waals surface area contributed by atoms with Gasteiger partial charge in [0.1, 0.15) is 0 Å². The summed E-state index contributed by atoms with van der Waals surface area (Å²) < 4.78 is 4.93. The Morgan fingerprint density at radius 3 is 3.00 bits per heavy atom. The van der Waals surface area contributed by atoms with Gasteiger partial charge in [-0.15, -0.1) is 11.3 Å². The minimum atomic E-state index is -0.342. The number of nitrogens with zero attached hydrogens (tertiary/aromatic N) is 2. The summed E-state index contributed by atoms with van der Waals surface area (Å²) in [6, 6.07) is 0.415. The van der Waals surface area contributed by atoms with Crippen LogP contribution in [0.2, 0.25) is 0 Å². The first-order valence-corrected chi connectivity index (χ1v) is 8.21. The topological polar surface area (TPSA) is 42.4 Å². The van der Waals surface area contributed by atoms with Crippen molar-refractivity contribution in [2.75, 3.05) is 30.6 Å². The van der Waals surface area contributed by atoms with Crippen LogP contribution in [0.25, 0.3) is 0 Å². The molecule has 1 rings (SSSR count). The van der Waals surface area contributed by atoms with Gasteiger partial charge >= 0.3 is 5.97 Å². The lowest BCUT2D eigenvalue weighted by Crippen LogP contribution is -2.29. The summed E-state index contributed by atoms with van der Waals surface area (Å²) in [5.41, 5.74) is 0.403. The Hall–Kier alpha value is -0.750. The summed E-state index contributed by atoms with van der Waals surface area (Å²) in [5.74, 6) is 0.784. The van der Waals surface area contributed by atoms with E-state index in [9.17, 15) is 4.79 Å². The van der Waals surface area contributed by atoms with Gasteiger partial charge in [-0.1, -0.05) is 0 Å². The Kier molecular flexibility index (Phi) is 6.49. The van der Waals surface area contributed by atoms with Crippen LogP contribution in [0.15, 0.2) is 5.38 Å². The van der Waals surface area contributed by atoms with Crippen LogP contribution in [0, 0.1) is 0 Å². The highest BCUT2D eigenvalue weighted by Gasteiger charge is 2.16. The molecule has 6 heteroatoms. The minimum Gasteiger partial charge on any atom is -0.461 e. The van der Waals surface area contributed by atoms with Gasteiger partial charge in [0.2, 0.25) is 0 Å². The second-order valence-corrected chi connectivity index (χ2v) is 5.80. The fourth-order valence-electron chi connectivity index (χ4n) is 1.40. The molecule has 0 bridgehead atoms. The average Bonchev–Trinajstić information content (AvgIpc) is 2.84. The Balaban J connectivity index is 2.64. The van der Waals surface area contributed by atoms with Crippen LogP contribution in [0.1, 0.15) is 30.8 Å². The molecule has 1 heterocycles. The van der Waals surface area contributed by atoms with Gasteiger partial charge in [0.15, 0.2) is 10.8 Å². The van der Waals surface area contributed by atoms with Crippen LogP contribution >= 0.6 is 23.1 Å². The number of ether oxygens (including phenoxy) is 1. The highest BCUT2D eigenvalue weighted by atomic mass is 32.2. The zero-order chi connectivity index (χ0) is 13.5.